The van der Waals surface area contributed by atoms with Gasteiger partial charge in [-0.25, -0.2) is 0 Å². The lowest BCUT2D eigenvalue weighted by Crippen LogP contribution is -2.32. The molecule has 2 fully saturated rings. The molecule has 4 rings (SSSR count). The highest BCUT2D eigenvalue weighted by Crippen LogP contribution is 2.25. The molecule has 2 aliphatic rings. The monoisotopic (exact) mass is 381 g/mol. The number of benzene rings is 1. The Morgan fingerprint density at radius 3 is 2.96 bits per heavy atom. The molecular formula is C21H27N5O2. The number of carbonyl (C=O) groups excluding carboxylic acids is 2. The van der Waals surface area contributed by atoms with E-state index in [-0.39, 0.29) is 17.9 Å². The summed E-state index contributed by atoms with van der Waals surface area (Å²) in [6.45, 7) is 4.65. The van der Waals surface area contributed by atoms with E-state index in [1.54, 1.807) is 6.07 Å². The summed E-state index contributed by atoms with van der Waals surface area (Å²) in [5.41, 5.74) is 2.31. The van der Waals surface area contributed by atoms with Crippen LogP contribution in [0.5, 0.6) is 0 Å². The fourth-order valence-electron chi connectivity index (χ4n) is 3.96. The first-order valence-electron chi connectivity index (χ1n) is 10.1. The van der Waals surface area contributed by atoms with Crippen molar-refractivity contribution in [2.45, 2.75) is 44.7 Å². The minimum atomic E-state index is -0.183. The Hall–Kier alpha value is -2.67. The van der Waals surface area contributed by atoms with E-state index in [2.05, 4.69) is 15.7 Å². The van der Waals surface area contributed by atoms with Crippen molar-refractivity contribution >= 4 is 17.5 Å². The third-order valence-electron chi connectivity index (χ3n) is 5.59. The third kappa shape index (κ3) is 3.94. The van der Waals surface area contributed by atoms with Crippen LogP contribution in [0.25, 0.3) is 0 Å². The molecular weight excluding hydrogens is 354 g/mol. The lowest BCUT2D eigenvalue weighted by molar-refractivity contribution is -0.117. The Kier molecular flexibility index (Phi) is 5.43. The van der Waals surface area contributed by atoms with Crippen molar-refractivity contribution in [3.63, 3.8) is 0 Å². The number of anilines is 1. The Morgan fingerprint density at radius 2 is 2.21 bits per heavy atom. The van der Waals surface area contributed by atoms with Crippen LogP contribution >= 0.6 is 0 Å². The molecule has 0 bridgehead atoms. The summed E-state index contributed by atoms with van der Waals surface area (Å²) < 4.78 is 1.89. The Morgan fingerprint density at radius 1 is 1.32 bits per heavy atom. The van der Waals surface area contributed by atoms with Gasteiger partial charge in [0.05, 0.1) is 12.1 Å². The molecule has 0 radical (unpaired) electrons. The number of rotatable bonds is 5. The number of hydrogen-bond acceptors (Lipinski definition) is 4. The van der Waals surface area contributed by atoms with E-state index < -0.39 is 0 Å². The highest BCUT2D eigenvalue weighted by molar-refractivity contribution is 5.95. The van der Waals surface area contributed by atoms with E-state index >= 15 is 0 Å². The van der Waals surface area contributed by atoms with Crippen LogP contribution in [0, 0.1) is 0 Å². The second kappa shape index (κ2) is 8.14. The summed E-state index contributed by atoms with van der Waals surface area (Å²) >= 11 is 0. The van der Waals surface area contributed by atoms with E-state index in [1.807, 2.05) is 47.0 Å². The Labute approximate surface area is 165 Å². The SMILES string of the molecule is CC(NC(=O)c1ccn(C2CCCNC2)n1)c1cccc(N2CCCC2=O)c1. The zero-order valence-electron chi connectivity index (χ0n) is 16.2. The molecule has 2 aliphatic heterocycles. The van der Waals surface area contributed by atoms with Gasteiger partial charge in [0, 0.05) is 31.4 Å². The lowest BCUT2D eigenvalue weighted by atomic mass is 10.1. The second-order valence-electron chi connectivity index (χ2n) is 7.62. The highest BCUT2D eigenvalue weighted by atomic mass is 16.2. The zero-order chi connectivity index (χ0) is 19.5. The van der Waals surface area contributed by atoms with E-state index in [0.29, 0.717) is 18.2 Å². The van der Waals surface area contributed by atoms with Gasteiger partial charge in [-0.2, -0.15) is 5.10 Å². The van der Waals surface area contributed by atoms with Crippen LogP contribution in [0.2, 0.25) is 0 Å². The van der Waals surface area contributed by atoms with Crippen molar-refractivity contribution in [1.29, 1.82) is 0 Å². The summed E-state index contributed by atoms with van der Waals surface area (Å²) in [6.07, 6.45) is 5.59. The van der Waals surface area contributed by atoms with E-state index in [0.717, 1.165) is 50.1 Å². The van der Waals surface area contributed by atoms with Crippen LogP contribution in [0.3, 0.4) is 0 Å². The fourth-order valence-corrected chi connectivity index (χ4v) is 3.96. The summed E-state index contributed by atoms with van der Waals surface area (Å²) in [4.78, 5) is 26.5. The van der Waals surface area contributed by atoms with Gasteiger partial charge < -0.3 is 15.5 Å². The molecule has 7 heteroatoms. The molecule has 2 aromatic rings. The molecule has 3 heterocycles. The van der Waals surface area contributed by atoms with Crippen LogP contribution in [0.15, 0.2) is 36.5 Å². The van der Waals surface area contributed by atoms with Crippen molar-refractivity contribution in [1.82, 2.24) is 20.4 Å². The number of piperidine rings is 1. The van der Waals surface area contributed by atoms with Gasteiger partial charge in [0.25, 0.3) is 5.91 Å². The minimum absolute atomic E-state index is 0.164. The van der Waals surface area contributed by atoms with Crippen LogP contribution in [-0.2, 0) is 4.79 Å². The third-order valence-corrected chi connectivity index (χ3v) is 5.59. The molecule has 0 spiro atoms. The van der Waals surface area contributed by atoms with Crippen molar-refractivity contribution in [3.05, 3.63) is 47.8 Å². The van der Waals surface area contributed by atoms with E-state index in [9.17, 15) is 9.59 Å². The Bertz CT molecular complexity index is 856. The fraction of sp³-hybridized carbons (Fsp3) is 0.476. The summed E-state index contributed by atoms with van der Waals surface area (Å²) in [5, 5.41) is 10.9. The predicted octanol–water partition coefficient (Wildman–Crippen LogP) is 2.43. The average Bonchev–Trinajstić information content (AvgIpc) is 3.38. The maximum absolute atomic E-state index is 12.7. The lowest BCUT2D eigenvalue weighted by Gasteiger charge is -2.23. The van der Waals surface area contributed by atoms with Gasteiger partial charge in [0.2, 0.25) is 5.91 Å². The number of hydrogen-bond donors (Lipinski definition) is 2. The number of nitrogens with zero attached hydrogens (tertiary/aromatic N) is 3. The van der Waals surface area contributed by atoms with Gasteiger partial charge in [-0.05, 0) is 56.5 Å². The van der Waals surface area contributed by atoms with Gasteiger partial charge in [-0.15, -0.1) is 0 Å². The number of aromatic nitrogens is 2. The molecule has 0 aliphatic carbocycles. The molecule has 2 unspecified atom stereocenters. The molecule has 7 nitrogen and oxygen atoms in total. The quantitative estimate of drug-likeness (QED) is 0.834. The maximum Gasteiger partial charge on any atom is 0.272 e. The molecule has 28 heavy (non-hydrogen) atoms. The summed E-state index contributed by atoms with van der Waals surface area (Å²) in [5.74, 6) is -0.0192. The standard InChI is InChI=1S/C21H27N5O2/c1-15(16-5-2-6-17(13-16)25-11-4-8-20(25)27)23-21(28)19-9-12-26(24-19)18-7-3-10-22-14-18/h2,5-6,9,12-13,15,18,22H,3-4,7-8,10-11,14H2,1H3,(H,23,28). The molecule has 1 aromatic carbocycles. The normalized spacial score (nSPS) is 21.0. The van der Waals surface area contributed by atoms with Gasteiger partial charge in [0.1, 0.15) is 5.69 Å². The van der Waals surface area contributed by atoms with Crippen LogP contribution in [0.4, 0.5) is 5.69 Å². The molecule has 2 amide bonds. The molecule has 2 saturated heterocycles. The van der Waals surface area contributed by atoms with Gasteiger partial charge in [0.15, 0.2) is 0 Å². The second-order valence-corrected chi connectivity index (χ2v) is 7.62. The van der Waals surface area contributed by atoms with Crippen LogP contribution in [0.1, 0.15) is 60.7 Å². The first-order chi connectivity index (χ1) is 13.6. The van der Waals surface area contributed by atoms with Gasteiger partial charge in [-0.1, -0.05) is 12.1 Å². The Balaban J connectivity index is 1.42. The van der Waals surface area contributed by atoms with Crippen LogP contribution < -0.4 is 15.5 Å². The van der Waals surface area contributed by atoms with Crippen molar-refractivity contribution < 1.29 is 9.59 Å². The molecule has 2 N–H and O–H groups in total. The number of amides is 2. The average molecular weight is 381 g/mol. The maximum atomic E-state index is 12.7. The molecule has 1 aromatic heterocycles. The topological polar surface area (TPSA) is 79.3 Å². The van der Waals surface area contributed by atoms with E-state index in [1.165, 1.54) is 0 Å². The van der Waals surface area contributed by atoms with Gasteiger partial charge in [-0.3, -0.25) is 14.3 Å². The first-order valence-corrected chi connectivity index (χ1v) is 10.1. The van der Waals surface area contributed by atoms with E-state index in [4.69, 9.17) is 0 Å². The summed E-state index contributed by atoms with van der Waals surface area (Å²) in [7, 11) is 0. The minimum Gasteiger partial charge on any atom is -0.344 e. The molecule has 2 atom stereocenters. The zero-order valence-corrected chi connectivity index (χ0v) is 16.2. The van der Waals surface area contributed by atoms with Crippen molar-refractivity contribution in [3.8, 4) is 0 Å². The smallest absolute Gasteiger partial charge is 0.272 e. The predicted molar refractivity (Wildman–Crippen MR) is 107 cm³/mol. The van der Waals surface area contributed by atoms with Gasteiger partial charge >= 0.3 is 0 Å². The molecule has 0 saturated carbocycles. The highest BCUT2D eigenvalue weighted by Gasteiger charge is 2.23. The van der Waals surface area contributed by atoms with Crippen LogP contribution in [-0.4, -0.2) is 41.2 Å². The largest absolute Gasteiger partial charge is 0.344 e. The number of carbonyl (C=O) groups is 2. The number of nitrogens with one attached hydrogen (secondary N) is 2. The molecule has 148 valence electrons. The van der Waals surface area contributed by atoms with Crippen molar-refractivity contribution in [2.75, 3.05) is 24.5 Å². The summed E-state index contributed by atoms with van der Waals surface area (Å²) in [6, 6.07) is 9.75. The van der Waals surface area contributed by atoms with Crippen molar-refractivity contribution in [2.24, 2.45) is 0 Å². The first kappa shape index (κ1) is 18.7.